The Bertz CT molecular complexity index is 1410. The lowest BCUT2D eigenvalue weighted by Crippen LogP contribution is -2.50. The number of carbonyl (C=O) groups is 2. The first-order valence-corrected chi connectivity index (χ1v) is 13.9. The molecule has 16 heteroatoms. The van der Waals surface area contributed by atoms with Gasteiger partial charge in [0.05, 0.1) is 0 Å². The summed E-state index contributed by atoms with van der Waals surface area (Å²) in [6.45, 7) is 8.01. The number of aromatic nitrogens is 1. The molecule has 216 valence electrons. The molecule has 0 aliphatic carbocycles. The summed E-state index contributed by atoms with van der Waals surface area (Å²) in [6, 6.07) is 1.97. The number of aryl methyl sites for hydroxylation is 3. The number of benzene rings is 1. The van der Waals surface area contributed by atoms with E-state index < -0.39 is 38.1 Å². The minimum absolute atomic E-state index is 0.0591. The SMILES string of the molecule is Cc1cc(C)c(C2(C(N)=O)SC=CC2S(=O)(=O)Nc2onc(C)c2Cl)c(C)c1CN(C)C.O=C(O)C(F)(F)F. The molecule has 1 amide bonds. The highest BCUT2D eigenvalue weighted by Crippen LogP contribution is 2.51. The summed E-state index contributed by atoms with van der Waals surface area (Å²) < 4.78 is 64.5. The number of alkyl halides is 3. The first-order valence-electron chi connectivity index (χ1n) is 11.1. The van der Waals surface area contributed by atoms with E-state index in [2.05, 4.69) is 9.88 Å². The second kappa shape index (κ2) is 11.8. The van der Waals surface area contributed by atoms with Gasteiger partial charge in [-0.15, -0.1) is 11.8 Å². The van der Waals surface area contributed by atoms with Gasteiger partial charge in [-0.1, -0.05) is 28.9 Å². The number of sulfonamides is 1. The van der Waals surface area contributed by atoms with Gasteiger partial charge in [0.25, 0.3) is 5.88 Å². The Morgan fingerprint density at radius 1 is 1.26 bits per heavy atom. The maximum Gasteiger partial charge on any atom is 0.490 e. The number of rotatable bonds is 7. The van der Waals surface area contributed by atoms with Crippen molar-refractivity contribution in [1.82, 2.24) is 10.1 Å². The average molecular weight is 613 g/mol. The van der Waals surface area contributed by atoms with E-state index in [1.807, 2.05) is 45.8 Å². The lowest BCUT2D eigenvalue weighted by atomic mass is 9.83. The monoisotopic (exact) mass is 612 g/mol. The topological polar surface area (TPSA) is 156 Å². The normalized spacial score (nSPS) is 19.1. The Hall–Kier alpha value is -2.75. The van der Waals surface area contributed by atoms with Crippen LogP contribution in [0.2, 0.25) is 5.02 Å². The van der Waals surface area contributed by atoms with Crippen LogP contribution in [0.25, 0.3) is 0 Å². The van der Waals surface area contributed by atoms with Crippen molar-refractivity contribution in [3.8, 4) is 0 Å². The zero-order chi connectivity index (χ0) is 30.1. The quantitative estimate of drug-likeness (QED) is 0.420. The highest BCUT2D eigenvalue weighted by molar-refractivity contribution is 8.05. The van der Waals surface area contributed by atoms with Gasteiger partial charge in [0.2, 0.25) is 15.9 Å². The van der Waals surface area contributed by atoms with Crippen LogP contribution in [-0.4, -0.2) is 61.0 Å². The largest absolute Gasteiger partial charge is 0.490 e. The number of hydrogen-bond acceptors (Lipinski definition) is 8. The average Bonchev–Trinajstić information content (AvgIpc) is 3.37. The van der Waals surface area contributed by atoms with Crippen molar-refractivity contribution < 1.29 is 40.8 Å². The Balaban J connectivity index is 0.000000673. The van der Waals surface area contributed by atoms with Crippen LogP contribution < -0.4 is 10.5 Å². The number of carboxylic acids is 1. The maximum absolute atomic E-state index is 13.5. The van der Waals surface area contributed by atoms with Crippen LogP contribution in [0, 0.1) is 27.7 Å². The van der Waals surface area contributed by atoms with Crippen LogP contribution in [-0.2, 0) is 30.9 Å². The van der Waals surface area contributed by atoms with Crippen molar-refractivity contribution in [2.24, 2.45) is 5.73 Å². The molecule has 2 aromatic rings. The number of nitrogens with one attached hydrogen (secondary N) is 1. The number of hydrogen-bond donors (Lipinski definition) is 3. The fourth-order valence-corrected chi connectivity index (χ4v) is 7.75. The lowest BCUT2D eigenvalue weighted by Gasteiger charge is -2.35. The first-order chi connectivity index (χ1) is 17.8. The molecule has 3 rings (SSSR count). The van der Waals surface area contributed by atoms with Gasteiger partial charge in [-0.3, -0.25) is 4.79 Å². The number of nitrogens with two attached hydrogens (primary N) is 1. The van der Waals surface area contributed by atoms with Crippen molar-refractivity contribution in [3.63, 3.8) is 0 Å². The fraction of sp³-hybridized carbons (Fsp3) is 0.435. The van der Waals surface area contributed by atoms with E-state index in [1.165, 1.54) is 6.08 Å². The van der Waals surface area contributed by atoms with E-state index in [1.54, 1.807) is 12.3 Å². The van der Waals surface area contributed by atoms with Crippen molar-refractivity contribution in [2.45, 2.75) is 50.4 Å². The van der Waals surface area contributed by atoms with Crippen LogP contribution in [0.4, 0.5) is 19.1 Å². The molecule has 0 radical (unpaired) electrons. The van der Waals surface area contributed by atoms with Gasteiger partial charge < -0.3 is 20.3 Å². The van der Waals surface area contributed by atoms with E-state index in [-0.39, 0.29) is 10.9 Å². The Morgan fingerprint density at radius 2 is 1.82 bits per heavy atom. The first kappa shape index (κ1) is 32.5. The summed E-state index contributed by atoms with van der Waals surface area (Å²) in [7, 11) is -0.284. The summed E-state index contributed by atoms with van der Waals surface area (Å²) in [5.41, 5.74) is 10.6. The van der Waals surface area contributed by atoms with E-state index in [4.69, 9.17) is 31.8 Å². The summed E-state index contributed by atoms with van der Waals surface area (Å²) in [5, 5.41) is 11.2. The standard InChI is InChI=1S/C21H27ClN4O4S2.C2HF3O2/c1-11-9-12(2)17(13(3)15(11)10-26(5)6)21(20(23)27)16(7-8-31-21)32(28,29)25-19-18(22)14(4)24-30-19;3-2(4,5)1(6)7/h7-9,16,25H,10H2,1-6H3,(H2,23,27);(H,6,7). The number of amides is 1. The third kappa shape index (κ3) is 6.70. The molecule has 2 heterocycles. The smallest absolute Gasteiger partial charge is 0.475 e. The molecule has 2 unspecified atom stereocenters. The highest BCUT2D eigenvalue weighted by atomic mass is 35.5. The summed E-state index contributed by atoms with van der Waals surface area (Å²) >= 11 is 7.21. The fourth-order valence-electron chi connectivity index (χ4n) is 4.24. The van der Waals surface area contributed by atoms with Gasteiger partial charge >= 0.3 is 12.1 Å². The van der Waals surface area contributed by atoms with Gasteiger partial charge in [-0.25, -0.2) is 17.9 Å². The molecule has 10 nitrogen and oxygen atoms in total. The van der Waals surface area contributed by atoms with Crippen LogP contribution in [0.1, 0.15) is 33.5 Å². The lowest BCUT2D eigenvalue weighted by molar-refractivity contribution is -0.192. The van der Waals surface area contributed by atoms with E-state index >= 15 is 0 Å². The molecule has 1 aromatic carbocycles. The van der Waals surface area contributed by atoms with E-state index in [0.29, 0.717) is 17.8 Å². The van der Waals surface area contributed by atoms with Gasteiger partial charge in [-0.2, -0.15) is 13.2 Å². The maximum atomic E-state index is 13.5. The number of carbonyl (C=O) groups excluding carboxylic acids is 1. The Morgan fingerprint density at radius 3 is 2.26 bits per heavy atom. The van der Waals surface area contributed by atoms with Crippen molar-refractivity contribution in [1.29, 1.82) is 0 Å². The molecule has 0 saturated carbocycles. The van der Waals surface area contributed by atoms with E-state index in [0.717, 1.165) is 34.0 Å². The number of primary amides is 1. The molecule has 2 atom stereocenters. The third-order valence-electron chi connectivity index (χ3n) is 5.85. The van der Waals surface area contributed by atoms with Gasteiger partial charge in [0.15, 0.2) is 0 Å². The molecule has 1 aliphatic heterocycles. The summed E-state index contributed by atoms with van der Waals surface area (Å²) in [6.07, 6.45) is -3.61. The molecule has 0 fully saturated rings. The zero-order valence-corrected chi connectivity index (χ0v) is 24.2. The predicted octanol–water partition coefficient (Wildman–Crippen LogP) is 4.01. The zero-order valence-electron chi connectivity index (χ0n) is 21.8. The molecule has 39 heavy (non-hydrogen) atoms. The minimum Gasteiger partial charge on any atom is -0.475 e. The summed E-state index contributed by atoms with van der Waals surface area (Å²) in [5.74, 6) is -3.69. The Kier molecular flexibility index (Phi) is 9.80. The number of thioether (sulfide) groups is 1. The van der Waals surface area contributed by atoms with Gasteiger partial charge in [-0.05, 0) is 75.0 Å². The van der Waals surface area contributed by atoms with Crippen LogP contribution in [0.15, 0.2) is 22.1 Å². The Labute approximate surface area is 232 Å². The van der Waals surface area contributed by atoms with Gasteiger partial charge in [0, 0.05) is 6.54 Å². The summed E-state index contributed by atoms with van der Waals surface area (Å²) in [4.78, 5) is 23.9. The molecule has 1 aliphatic rings. The second-order valence-corrected chi connectivity index (χ2v) is 12.4. The number of halogens is 4. The number of anilines is 1. The molecular formula is C23H28ClF3N4O6S2. The van der Waals surface area contributed by atoms with E-state index in [9.17, 15) is 26.4 Å². The van der Waals surface area contributed by atoms with Crippen molar-refractivity contribution in [2.75, 3.05) is 18.8 Å². The van der Waals surface area contributed by atoms with Crippen molar-refractivity contribution >= 4 is 51.1 Å². The van der Waals surface area contributed by atoms with Gasteiger partial charge in [0.1, 0.15) is 20.7 Å². The predicted molar refractivity (Wildman–Crippen MR) is 142 cm³/mol. The molecule has 4 N–H and O–H groups in total. The molecule has 0 saturated heterocycles. The number of nitrogens with zero attached hydrogens (tertiary/aromatic N) is 2. The molecule has 0 bridgehead atoms. The van der Waals surface area contributed by atoms with Crippen molar-refractivity contribution in [3.05, 3.63) is 56.1 Å². The molecular weight excluding hydrogens is 585 g/mol. The minimum atomic E-state index is -5.08. The van der Waals surface area contributed by atoms with Crippen LogP contribution >= 0.6 is 23.4 Å². The number of aliphatic carboxylic acids is 1. The number of carboxylic acid groups (broad SMARTS) is 1. The van der Waals surface area contributed by atoms with Crippen LogP contribution in [0.5, 0.6) is 0 Å². The second-order valence-electron chi connectivity index (χ2n) is 9.05. The molecule has 0 spiro atoms. The highest BCUT2D eigenvalue weighted by Gasteiger charge is 2.56. The van der Waals surface area contributed by atoms with Crippen LogP contribution in [0.3, 0.4) is 0 Å². The third-order valence-corrected chi connectivity index (χ3v) is 9.42. The molecule has 1 aromatic heterocycles.